The number of nitrogens with zero attached hydrogens (tertiary/aromatic N) is 2. The average Bonchev–Trinajstić information content (AvgIpc) is 3.55. The molecule has 0 spiro atoms. The van der Waals surface area contributed by atoms with Crippen LogP contribution in [0.3, 0.4) is 0 Å². The van der Waals surface area contributed by atoms with Crippen molar-refractivity contribution in [1.29, 1.82) is 0 Å². The number of fused-ring (bicyclic) bond motifs is 1. The maximum Gasteiger partial charge on any atom is 0.319 e. The second-order valence-electron chi connectivity index (χ2n) is 7.93. The molecule has 2 fully saturated rings. The number of aromatic nitrogens is 2. The van der Waals surface area contributed by atoms with Crippen LogP contribution in [-0.2, 0) is 9.47 Å². The average molecular weight is 466 g/mol. The van der Waals surface area contributed by atoms with Crippen molar-refractivity contribution in [2.75, 3.05) is 23.8 Å². The molecule has 3 N–H and O–H groups in total. The Morgan fingerprint density at radius 2 is 1.79 bits per heavy atom. The normalized spacial score (nSPS) is 23.7. The number of anilines is 2. The van der Waals surface area contributed by atoms with Crippen LogP contribution in [0, 0.1) is 0 Å². The molecule has 4 atom stereocenters. The lowest BCUT2D eigenvalue weighted by Crippen LogP contribution is -2.46. The second-order valence-corrected chi connectivity index (χ2v) is 8.88. The molecule has 170 valence electrons. The maximum absolute atomic E-state index is 12.5. The zero-order valence-electron chi connectivity index (χ0n) is 17.9. The van der Waals surface area contributed by atoms with Gasteiger partial charge in [-0.05, 0) is 48.7 Å². The van der Waals surface area contributed by atoms with Gasteiger partial charge in [0.25, 0.3) is 0 Å². The van der Waals surface area contributed by atoms with Crippen LogP contribution in [-0.4, -0.2) is 59.3 Å². The van der Waals surface area contributed by atoms with E-state index in [-0.39, 0.29) is 36.1 Å². The number of hydrogen-bond acceptors (Lipinski definition) is 8. The molecular formula is C23H23N5O4S. The highest BCUT2D eigenvalue weighted by molar-refractivity contribution is 7.13. The summed E-state index contributed by atoms with van der Waals surface area (Å²) in [5.74, 6) is 0.493. The van der Waals surface area contributed by atoms with E-state index in [1.807, 2.05) is 23.6 Å². The fourth-order valence-electron chi connectivity index (χ4n) is 4.03. The van der Waals surface area contributed by atoms with Gasteiger partial charge in [0.05, 0.1) is 35.9 Å². The summed E-state index contributed by atoms with van der Waals surface area (Å²) in [6.45, 7) is 2.27. The van der Waals surface area contributed by atoms with Crippen molar-refractivity contribution in [3.63, 3.8) is 0 Å². The lowest BCUT2D eigenvalue weighted by Gasteiger charge is -2.18. The third-order valence-electron chi connectivity index (χ3n) is 5.66. The van der Waals surface area contributed by atoms with E-state index in [1.165, 1.54) is 6.92 Å². The Labute approximate surface area is 194 Å². The summed E-state index contributed by atoms with van der Waals surface area (Å²) in [5.41, 5.74) is 2.05. The van der Waals surface area contributed by atoms with Gasteiger partial charge in [0.1, 0.15) is 12.2 Å². The van der Waals surface area contributed by atoms with E-state index < -0.39 is 0 Å². The summed E-state index contributed by atoms with van der Waals surface area (Å²) in [7, 11) is 0. The molecule has 0 saturated carbocycles. The molecule has 4 unspecified atom stereocenters. The predicted octanol–water partition coefficient (Wildman–Crippen LogP) is 3.18. The lowest BCUT2D eigenvalue weighted by molar-refractivity contribution is 0.0683. The van der Waals surface area contributed by atoms with Gasteiger partial charge in [-0.2, -0.15) is 0 Å². The molecular weight excluding hydrogens is 442 g/mol. The van der Waals surface area contributed by atoms with Crippen molar-refractivity contribution in [2.45, 2.75) is 31.2 Å². The molecule has 1 aromatic carbocycles. The van der Waals surface area contributed by atoms with Gasteiger partial charge in [-0.15, -0.1) is 11.3 Å². The Morgan fingerprint density at radius 1 is 1.03 bits per heavy atom. The Bertz CT molecular complexity index is 1140. The molecule has 4 heterocycles. The molecule has 2 aromatic heterocycles. The van der Waals surface area contributed by atoms with Gasteiger partial charge in [0.15, 0.2) is 5.78 Å². The number of urea groups is 1. The highest BCUT2D eigenvalue weighted by atomic mass is 32.1. The third kappa shape index (κ3) is 4.72. The van der Waals surface area contributed by atoms with Crippen molar-refractivity contribution in [1.82, 2.24) is 15.3 Å². The zero-order valence-corrected chi connectivity index (χ0v) is 18.7. The number of amides is 2. The van der Waals surface area contributed by atoms with Crippen molar-refractivity contribution >= 4 is 34.8 Å². The number of benzene rings is 1. The molecule has 2 aliphatic heterocycles. The van der Waals surface area contributed by atoms with Gasteiger partial charge < -0.3 is 25.4 Å². The molecule has 10 heteroatoms. The van der Waals surface area contributed by atoms with Gasteiger partial charge in [0, 0.05) is 17.4 Å². The number of rotatable bonds is 6. The quantitative estimate of drug-likeness (QED) is 0.479. The molecule has 5 rings (SSSR count). The molecule has 2 amide bonds. The van der Waals surface area contributed by atoms with E-state index in [0.29, 0.717) is 30.4 Å². The number of carbonyl (C=O) groups excluding carboxylic acids is 2. The maximum atomic E-state index is 12.5. The van der Waals surface area contributed by atoms with Crippen molar-refractivity contribution < 1.29 is 19.1 Å². The van der Waals surface area contributed by atoms with Crippen LogP contribution < -0.4 is 16.0 Å². The minimum absolute atomic E-state index is 0.0228. The van der Waals surface area contributed by atoms with E-state index in [2.05, 4.69) is 25.9 Å². The van der Waals surface area contributed by atoms with E-state index in [9.17, 15) is 9.59 Å². The highest BCUT2D eigenvalue weighted by Crippen LogP contribution is 2.29. The van der Waals surface area contributed by atoms with E-state index in [0.717, 1.165) is 10.6 Å². The summed E-state index contributed by atoms with van der Waals surface area (Å²) in [6.07, 6.45) is 1.23. The molecule has 2 aliphatic rings. The van der Waals surface area contributed by atoms with Gasteiger partial charge >= 0.3 is 6.03 Å². The monoisotopic (exact) mass is 465 g/mol. The van der Waals surface area contributed by atoms with Crippen LogP contribution in [0.15, 0.2) is 54.0 Å². The van der Waals surface area contributed by atoms with Crippen LogP contribution >= 0.6 is 11.3 Å². The van der Waals surface area contributed by atoms with Gasteiger partial charge in [-0.1, -0.05) is 6.07 Å². The molecule has 3 aromatic rings. The standard InChI is InChI=1S/C23H23N5O4S/c1-13(29)14-4-6-15(7-5-14)25-23(30)28-18-12-32-20-17(11-31-21(18)20)27-22-24-9-8-16(26-22)19-3-2-10-33-19/h2-10,17-18,20-21H,11-12H2,1H3,(H,24,26,27)(H2,25,28,30). The zero-order chi connectivity index (χ0) is 22.8. The molecule has 0 bridgehead atoms. The summed E-state index contributed by atoms with van der Waals surface area (Å²) in [4.78, 5) is 33.9. The summed E-state index contributed by atoms with van der Waals surface area (Å²) in [6, 6.07) is 11.9. The Kier molecular flexibility index (Phi) is 6.03. The second kappa shape index (κ2) is 9.26. The predicted molar refractivity (Wildman–Crippen MR) is 125 cm³/mol. The number of thiophene rings is 1. The highest BCUT2D eigenvalue weighted by Gasteiger charge is 2.48. The molecule has 2 saturated heterocycles. The fourth-order valence-corrected chi connectivity index (χ4v) is 4.72. The molecule has 0 aliphatic carbocycles. The largest absolute Gasteiger partial charge is 0.371 e. The first-order valence-electron chi connectivity index (χ1n) is 10.6. The SMILES string of the molecule is CC(=O)c1ccc(NC(=O)NC2COC3C(Nc4nccc(-c5cccs5)n4)COC23)cc1. The first kappa shape index (κ1) is 21.5. The van der Waals surface area contributed by atoms with Crippen LogP contribution in [0.2, 0.25) is 0 Å². The lowest BCUT2D eigenvalue weighted by atomic mass is 10.1. The first-order valence-corrected chi connectivity index (χ1v) is 11.5. The van der Waals surface area contributed by atoms with E-state index in [1.54, 1.807) is 41.8 Å². The Hall–Kier alpha value is -3.34. The minimum Gasteiger partial charge on any atom is -0.371 e. The smallest absolute Gasteiger partial charge is 0.319 e. The molecule has 9 nitrogen and oxygen atoms in total. The number of nitrogens with one attached hydrogen (secondary N) is 3. The van der Waals surface area contributed by atoms with Crippen molar-refractivity contribution in [2.24, 2.45) is 0 Å². The molecule has 33 heavy (non-hydrogen) atoms. The van der Waals surface area contributed by atoms with E-state index in [4.69, 9.17) is 9.47 Å². The minimum atomic E-state index is -0.355. The van der Waals surface area contributed by atoms with Gasteiger partial charge in [-0.25, -0.2) is 14.8 Å². The number of carbonyl (C=O) groups is 2. The number of Topliss-reactive ketones (excluding diaryl/α,β-unsaturated/α-hetero) is 1. The van der Waals surface area contributed by atoms with Crippen LogP contribution in [0.4, 0.5) is 16.4 Å². The van der Waals surface area contributed by atoms with E-state index >= 15 is 0 Å². The van der Waals surface area contributed by atoms with Crippen LogP contribution in [0.25, 0.3) is 10.6 Å². The fraction of sp³-hybridized carbons (Fsp3) is 0.304. The van der Waals surface area contributed by atoms with Gasteiger partial charge in [-0.3, -0.25) is 4.79 Å². The molecule has 0 radical (unpaired) electrons. The Balaban J connectivity index is 1.17. The van der Waals surface area contributed by atoms with Crippen LogP contribution in [0.1, 0.15) is 17.3 Å². The first-order chi connectivity index (χ1) is 16.1. The van der Waals surface area contributed by atoms with Gasteiger partial charge in [0.2, 0.25) is 5.95 Å². The Morgan fingerprint density at radius 3 is 2.52 bits per heavy atom. The van der Waals surface area contributed by atoms with Crippen molar-refractivity contribution in [3.8, 4) is 10.6 Å². The van der Waals surface area contributed by atoms with Crippen molar-refractivity contribution in [3.05, 3.63) is 59.6 Å². The number of ketones is 1. The summed E-state index contributed by atoms with van der Waals surface area (Å²) < 4.78 is 11.9. The third-order valence-corrected chi connectivity index (χ3v) is 6.56. The summed E-state index contributed by atoms with van der Waals surface area (Å²) in [5, 5.41) is 11.0. The summed E-state index contributed by atoms with van der Waals surface area (Å²) >= 11 is 1.62. The number of hydrogen-bond donors (Lipinski definition) is 3. The van der Waals surface area contributed by atoms with Crippen LogP contribution in [0.5, 0.6) is 0 Å². The number of ether oxygens (including phenoxy) is 2. The topological polar surface area (TPSA) is 114 Å².